The van der Waals surface area contributed by atoms with Gasteiger partial charge in [-0.1, -0.05) is 65.3 Å². The van der Waals surface area contributed by atoms with Crippen molar-refractivity contribution >= 4 is 11.5 Å². The zero-order valence-corrected chi connectivity index (χ0v) is 16.8. The molecule has 0 bridgehead atoms. The third kappa shape index (κ3) is 2.95. The Bertz CT molecular complexity index is 1140. The van der Waals surface area contributed by atoms with Gasteiger partial charge in [-0.15, -0.1) is 0 Å². The molecule has 1 spiro atoms. The predicted octanol–water partition coefficient (Wildman–Crippen LogP) is 5.61. The zero-order chi connectivity index (χ0) is 20.7. The number of hydrogen-bond acceptors (Lipinski definition) is 3. The predicted molar refractivity (Wildman–Crippen MR) is 114 cm³/mol. The van der Waals surface area contributed by atoms with Gasteiger partial charge in [0, 0.05) is 11.1 Å². The van der Waals surface area contributed by atoms with Crippen molar-refractivity contribution in [2.24, 2.45) is 5.16 Å². The number of oxime groups is 1. The van der Waals surface area contributed by atoms with Crippen LogP contribution in [-0.4, -0.2) is 17.1 Å². The van der Waals surface area contributed by atoms with Crippen LogP contribution in [0.25, 0.3) is 0 Å². The van der Waals surface area contributed by atoms with E-state index >= 15 is 0 Å². The molecule has 2 atom stereocenters. The molecule has 2 unspecified atom stereocenters. The maximum absolute atomic E-state index is 14.0. The number of aryl methyl sites for hydroxylation is 2. The van der Waals surface area contributed by atoms with Crippen molar-refractivity contribution in [2.75, 3.05) is 0 Å². The summed E-state index contributed by atoms with van der Waals surface area (Å²) >= 11 is 0. The molecule has 0 saturated carbocycles. The maximum atomic E-state index is 14.0. The van der Waals surface area contributed by atoms with Crippen molar-refractivity contribution < 1.29 is 14.0 Å². The number of fused-ring (bicyclic) bond motifs is 1. The summed E-state index contributed by atoms with van der Waals surface area (Å²) in [6.07, 6.45) is 2.24. The van der Waals surface area contributed by atoms with Gasteiger partial charge >= 0.3 is 0 Å². The first-order valence-corrected chi connectivity index (χ1v) is 10.3. The van der Waals surface area contributed by atoms with E-state index < -0.39 is 5.60 Å². The second kappa shape index (κ2) is 7.21. The number of carbonyl (C=O) groups excluding carboxylic acids is 1. The molecule has 2 aliphatic rings. The van der Waals surface area contributed by atoms with Gasteiger partial charge in [0.25, 0.3) is 0 Å². The van der Waals surface area contributed by atoms with Crippen LogP contribution in [0.1, 0.15) is 51.4 Å². The van der Waals surface area contributed by atoms with Crippen LogP contribution in [0.15, 0.2) is 78.0 Å². The average molecular weight is 399 g/mol. The molecule has 5 rings (SSSR count). The van der Waals surface area contributed by atoms with E-state index in [4.69, 9.17) is 4.84 Å². The Hall–Kier alpha value is -3.27. The van der Waals surface area contributed by atoms with Crippen molar-refractivity contribution in [3.63, 3.8) is 0 Å². The highest BCUT2D eigenvalue weighted by Gasteiger charge is 2.56. The minimum Gasteiger partial charge on any atom is -0.379 e. The molecule has 0 fully saturated rings. The quantitative estimate of drug-likeness (QED) is 0.562. The number of ketones is 1. The van der Waals surface area contributed by atoms with Crippen molar-refractivity contribution in [1.29, 1.82) is 0 Å². The van der Waals surface area contributed by atoms with Crippen molar-refractivity contribution in [1.82, 2.24) is 0 Å². The molecular weight excluding hydrogens is 377 g/mol. The normalized spacial score (nSPS) is 22.9. The zero-order valence-electron chi connectivity index (χ0n) is 16.8. The Balaban J connectivity index is 1.67. The average Bonchev–Trinajstić information content (AvgIpc) is 3.09. The second-order valence-corrected chi connectivity index (χ2v) is 8.15. The van der Waals surface area contributed by atoms with Gasteiger partial charge in [0.15, 0.2) is 0 Å². The van der Waals surface area contributed by atoms with E-state index in [1.54, 1.807) is 12.1 Å². The first kappa shape index (κ1) is 18.7. The van der Waals surface area contributed by atoms with E-state index in [0.29, 0.717) is 12.1 Å². The summed E-state index contributed by atoms with van der Waals surface area (Å²) in [6, 6.07) is 22.2. The standard InChI is InChI=1S/C26H22FNO2/c1-17-9-10-18-8-5-15-26(25(29)22(18)16-17)23(19-6-3-2-4-7-19)24(28-30-26)20-11-13-21(27)14-12-20/h2-4,6-7,9-14,16,23H,5,8,15H2,1H3. The van der Waals surface area contributed by atoms with Gasteiger partial charge in [-0.3, -0.25) is 4.79 Å². The molecule has 0 amide bonds. The van der Waals surface area contributed by atoms with E-state index in [1.807, 2.05) is 43.3 Å². The monoisotopic (exact) mass is 399 g/mol. The van der Waals surface area contributed by atoms with Crippen LogP contribution < -0.4 is 0 Å². The lowest BCUT2D eigenvalue weighted by Gasteiger charge is -2.31. The lowest BCUT2D eigenvalue weighted by molar-refractivity contribution is -0.0170. The summed E-state index contributed by atoms with van der Waals surface area (Å²) in [5.41, 5.74) is 4.16. The number of Topliss-reactive ketones (excluding diaryl/α,β-unsaturated/α-hetero) is 1. The van der Waals surface area contributed by atoms with Crippen molar-refractivity contribution in [3.8, 4) is 0 Å². The Morgan fingerprint density at radius 3 is 2.57 bits per heavy atom. The molecule has 3 aromatic carbocycles. The summed E-state index contributed by atoms with van der Waals surface area (Å²) in [6.45, 7) is 2.00. The van der Waals surface area contributed by atoms with Crippen molar-refractivity contribution in [3.05, 3.63) is 106 Å². The SMILES string of the molecule is Cc1ccc2c(c1)C(=O)C1(CCC2)ON=C(c2ccc(F)cc2)C1c1ccccc1. The molecule has 3 nitrogen and oxygen atoms in total. The number of carbonyl (C=O) groups is 1. The van der Waals surface area contributed by atoms with Crippen LogP contribution in [0.3, 0.4) is 0 Å². The minimum atomic E-state index is -1.09. The Morgan fingerprint density at radius 2 is 1.80 bits per heavy atom. The first-order chi connectivity index (χ1) is 14.6. The molecule has 150 valence electrons. The second-order valence-electron chi connectivity index (χ2n) is 8.15. The van der Waals surface area contributed by atoms with Crippen molar-refractivity contribution in [2.45, 2.75) is 37.7 Å². The highest BCUT2D eigenvalue weighted by Crippen LogP contribution is 2.47. The van der Waals surface area contributed by atoms with Gasteiger partial charge in [0.05, 0.1) is 11.6 Å². The van der Waals surface area contributed by atoms with E-state index in [2.05, 4.69) is 17.3 Å². The largest absolute Gasteiger partial charge is 0.379 e. The summed E-state index contributed by atoms with van der Waals surface area (Å²) in [5, 5.41) is 4.43. The van der Waals surface area contributed by atoms with Gasteiger partial charge in [-0.05, 0) is 55.5 Å². The van der Waals surface area contributed by atoms with Crippen LogP contribution >= 0.6 is 0 Å². The van der Waals surface area contributed by atoms with Gasteiger partial charge in [0.1, 0.15) is 5.82 Å². The van der Waals surface area contributed by atoms with Crippen LogP contribution in [0.2, 0.25) is 0 Å². The molecule has 1 aliphatic heterocycles. The van der Waals surface area contributed by atoms with Crippen LogP contribution in [0.4, 0.5) is 4.39 Å². The molecular formula is C26H22FNO2. The van der Waals surface area contributed by atoms with E-state index in [-0.39, 0.29) is 17.5 Å². The molecule has 4 heteroatoms. The minimum absolute atomic E-state index is 0.0200. The summed E-state index contributed by atoms with van der Waals surface area (Å²) < 4.78 is 13.5. The highest BCUT2D eigenvalue weighted by molar-refractivity contribution is 6.14. The number of benzene rings is 3. The number of hydrogen-bond donors (Lipinski definition) is 0. The summed E-state index contributed by atoms with van der Waals surface area (Å²) in [4.78, 5) is 20.0. The summed E-state index contributed by atoms with van der Waals surface area (Å²) in [7, 11) is 0. The molecule has 0 aromatic heterocycles. The molecule has 0 radical (unpaired) electrons. The van der Waals surface area contributed by atoms with Crippen LogP contribution in [-0.2, 0) is 11.3 Å². The third-order valence-electron chi connectivity index (χ3n) is 6.21. The van der Waals surface area contributed by atoms with E-state index in [9.17, 15) is 9.18 Å². The Morgan fingerprint density at radius 1 is 1.03 bits per heavy atom. The fourth-order valence-electron chi connectivity index (χ4n) is 4.73. The topological polar surface area (TPSA) is 38.7 Å². The highest BCUT2D eigenvalue weighted by atomic mass is 19.1. The fourth-order valence-corrected chi connectivity index (χ4v) is 4.73. The smallest absolute Gasteiger partial charge is 0.212 e. The van der Waals surface area contributed by atoms with Gasteiger partial charge in [-0.2, -0.15) is 0 Å². The lowest BCUT2D eigenvalue weighted by Crippen LogP contribution is -2.45. The van der Waals surface area contributed by atoms with Gasteiger partial charge < -0.3 is 4.84 Å². The van der Waals surface area contributed by atoms with E-state index in [0.717, 1.165) is 40.7 Å². The lowest BCUT2D eigenvalue weighted by atomic mass is 9.72. The van der Waals surface area contributed by atoms with Crippen LogP contribution in [0, 0.1) is 12.7 Å². The fraction of sp³-hybridized carbons (Fsp3) is 0.231. The maximum Gasteiger partial charge on any atom is 0.212 e. The van der Waals surface area contributed by atoms with E-state index in [1.165, 1.54) is 12.1 Å². The molecule has 0 saturated heterocycles. The molecule has 1 heterocycles. The third-order valence-corrected chi connectivity index (χ3v) is 6.21. The molecule has 1 aliphatic carbocycles. The number of nitrogens with zero attached hydrogens (tertiary/aromatic N) is 1. The molecule has 3 aromatic rings. The number of rotatable bonds is 2. The molecule has 0 N–H and O–H groups in total. The van der Waals surface area contributed by atoms with Crippen LogP contribution in [0.5, 0.6) is 0 Å². The first-order valence-electron chi connectivity index (χ1n) is 10.3. The summed E-state index contributed by atoms with van der Waals surface area (Å²) in [5.74, 6) is -0.685. The Kier molecular flexibility index (Phi) is 4.50. The number of halogens is 1. The van der Waals surface area contributed by atoms with Gasteiger partial charge in [-0.25, -0.2) is 4.39 Å². The molecule has 30 heavy (non-hydrogen) atoms. The van der Waals surface area contributed by atoms with Gasteiger partial charge in [0.2, 0.25) is 11.4 Å². The Labute approximate surface area is 175 Å².